The zero-order valence-electron chi connectivity index (χ0n) is 14.6. The van der Waals surface area contributed by atoms with E-state index in [0.717, 1.165) is 52.1 Å². The Bertz CT molecular complexity index is 643. The zero-order valence-corrected chi connectivity index (χ0v) is 14.6. The molecule has 2 heterocycles. The van der Waals surface area contributed by atoms with Gasteiger partial charge in [-0.15, -0.1) is 0 Å². The zero-order chi connectivity index (χ0) is 17.6. The van der Waals surface area contributed by atoms with E-state index in [0.29, 0.717) is 24.2 Å². The molecule has 0 bridgehead atoms. The molecule has 25 heavy (non-hydrogen) atoms. The van der Waals surface area contributed by atoms with Crippen LogP contribution in [0.1, 0.15) is 30.4 Å². The molecule has 134 valence electrons. The second-order valence-electron chi connectivity index (χ2n) is 6.91. The molecule has 0 aromatic heterocycles. The Hall–Kier alpha value is -1.97. The fraction of sp³-hybridized carbons (Fsp3) is 0.579. The highest BCUT2D eigenvalue weighted by molar-refractivity contribution is 5.78. The van der Waals surface area contributed by atoms with E-state index in [2.05, 4.69) is 9.80 Å². The molecular weight excluding hydrogens is 319 g/mol. The molecular formula is C19H25FN4O. The lowest BCUT2D eigenvalue weighted by atomic mass is 10.1. The number of amides is 1. The van der Waals surface area contributed by atoms with Crippen molar-refractivity contribution in [3.8, 4) is 6.07 Å². The van der Waals surface area contributed by atoms with E-state index in [9.17, 15) is 9.18 Å². The van der Waals surface area contributed by atoms with Gasteiger partial charge in [-0.2, -0.15) is 5.26 Å². The molecule has 0 aliphatic carbocycles. The molecule has 2 aliphatic heterocycles. The molecule has 5 nitrogen and oxygen atoms in total. The first kappa shape index (κ1) is 17.8. The maximum atomic E-state index is 14.0. The average molecular weight is 344 g/mol. The van der Waals surface area contributed by atoms with Gasteiger partial charge in [0.15, 0.2) is 0 Å². The fourth-order valence-electron chi connectivity index (χ4n) is 3.53. The van der Waals surface area contributed by atoms with Crippen LogP contribution in [0.2, 0.25) is 0 Å². The van der Waals surface area contributed by atoms with Crippen LogP contribution in [0.3, 0.4) is 0 Å². The highest BCUT2D eigenvalue weighted by atomic mass is 19.1. The first-order valence-corrected chi connectivity index (χ1v) is 9.07. The van der Waals surface area contributed by atoms with E-state index in [1.165, 1.54) is 12.5 Å². The lowest BCUT2D eigenvalue weighted by Gasteiger charge is -2.36. The molecule has 0 unspecified atom stereocenters. The van der Waals surface area contributed by atoms with Gasteiger partial charge in [0, 0.05) is 51.4 Å². The van der Waals surface area contributed by atoms with Gasteiger partial charge in [0.05, 0.1) is 18.2 Å². The van der Waals surface area contributed by atoms with E-state index >= 15 is 0 Å². The van der Waals surface area contributed by atoms with Crippen molar-refractivity contribution in [2.45, 2.75) is 25.8 Å². The summed E-state index contributed by atoms with van der Waals surface area (Å²) in [7, 11) is 0. The summed E-state index contributed by atoms with van der Waals surface area (Å²) in [5.74, 6) is -0.0759. The number of nitriles is 1. The van der Waals surface area contributed by atoms with Crippen molar-refractivity contribution in [3.05, 3.63) is 35.1 Å². The summed E-state index contributed by atoms with van der Waals surface area (Å²) < 4.78 is 14.0. The summed E-state index contributed by atoms with van der Waals surface area (Å²) in [6, 6.07) is 6.60. The number of halogens is 1. The maximum absolute atomic E-state index is 14.0. The van der Waals surface area contributed by atoms with Gasteiger partial charge in [0.25, 0.3) is 0 Å². The maximum Gasteiger partial charge on any atom is 0.236 e. The minimum absolute atomic E-state index is 0.242. The molecule has 2 aliphatic rings. The molecule has 6 heteroatoms. The molecule has 1 amide bonds. The number of piperazine rings is 1. The number of nitrogens with zero attached hydrogens (tertiary/aromatic N) is 4. The average Bonchev–Trinajstić information content (AvgIpc) is 2.65. The van der Waals surface area contributed by atoms with Crippen LogP contribution in [0.25, 0.3) is 0 Å². The molecule has 3 rings (SSSR count). The minimum Gasteiger partial charge on any atom is -0.342 e. The van der Waals surface area contributed by atoms with Crippen LogP contribution < -0.4 is 0 Å². The van der Waals surface area contributed by atoms with Gasteiger partial charge in [-0.1, -0.05) is 6.07 Å². The number of hydrogen-bond acceptors (Lipinski definition) is 4. The Morgan fingerprint density at radius 3 is 2.36 bits per heavy atom. The van der Waals surface area contributed by atoms with Crippen molar-refractivity contribution >= 4 is 5.91 Å². The quantitative estimate of drug-likeness (QED) is 0.836. The predicted octanol–water partition coefficient (Wildman–Crippen LogP) is 1.83. The number of carbonyl (C=O) groups is 1. The topological polar surface area (TPSA) is 50.6 Å². The van der Waals surface area contributed by atoms with Crippen molar-refractivity contribution in [1.29, 1.82) is 5.26 Å². The first-order chi connectivity index (χ1) is 12.2. The summed E-state index contributed by atoms with van der Waals surface area (Å²) in [4.78, 5) is 18.7. The fourth-order valence-corrected chi connectivity index (χ4v) is 3.53. The van der Waals surface area contributed by atoms with Gasteiger partial charge in [-0.3, -0.25) is 14.6 Å². The van der Waals surface area contributed by atoms with Crippen LogP contribution in [0, 0.1) is 17.1 Å². The van der Waals surface area contributed by atoms with Crippen LogP contribution in [-0.2, 0) is 11.3 Å². The molecule has 2 fully saturated rings. The highest BCUT2D eigenvalue weighted by Crippen LogP contribution is 2.15. The highest BCUT2D eigenvalue weighted by Gasteiger charge is 2.23. The third-order valence-electron chi connectivity index (χ3n) is 5.11. The van der Waals surface area contributed by atoms with Crippen molar-refractivity contribution < 1.29 is 9.18 Å². The van der Waals surface area contributed by atoms with Gasteiger partial charge in [-0.05, 0) is 31.4 Å². The molecule has 1 aromatic carbocycles. The van der Waals surface area contributed by atoms with Crippen LogP contribution in [0.4, 0.5) is 4.39 Å². The van der Waals surface area contributed by atoms with Gasteiger partial charge < -0.3 is 4.90 Å². The van der Waals surface area contributed by atoms with Gasteiger partial charge in [0.1, 0.15) is 5.82 Å². The van der Waals surface area contributed by atoms with Gasteiger partial charge in [0.2, 0.25) is 5.91 Å². The Morgan fingerprint density at radius 2 is 1.72 bits per heavy atom. The molecule has 0 radical (unpaired) electrons. The smallest absolute Gasteiger partial charge is 0.236 e. The number of carbonyl (C=O) groups excluding carboxylic acids is 1. The van der Waals surface area contributed by atoms with E-state index < -0.39 is 0 Å². The second-order valence-corrected chi connectivity index (χ2v) is 6.91. The Kier molecular flexibility index (Phi) is 6.00. The SMILES string of the molecule is N#Cc1ccc(CN2CCN(CC(=O)N3CCCCC3)CC2)c(F)c1. The van der Waals surface area contributed by atoms with Crippen molar-refractivity contribution in [2.75, 3.05) is 45.8 Å². The summed E-state index contributed by atoms with van der Waals surface area (Å²) in [5.41, 5.74) is 0.971. The van der Waals surface area contributed by atoms with Crippen molar-refractivity contribution in [2.24, 2.45) is 0 Å². The third-order valence-corrected chi connectivity index (χ3v) is 5.11. The largest absolute Gasteiger partial charge is 0.342 e. The summed E-state index contributed by atoms with van der Waals surface area (Å²) in [6.07, 6.45) is 3.47. The third kappa shape index (κ3) is 4.77. The van der Waals surface area contributed by atoms with E-state index in [-0.39, 0.29) is 11.7 Å². The molecule has 1 aromatic rings. The number of benzene rings is 1. The summed E-state index contributed by atoms with van der Waals surface area (Å²) in [6.45, 7) is 6.16. The number of likely N-dealkylation sites (tertiary alicyclic amines) is 1. The van der Waals surface area contributed by atoms with Crippen LogP contribution >= 0.6 is 0 Å². The second kappa shape index (κ2) is 8.41. The first-order valence-electron chi connectivity index (χ1n) is 9.07. The van der Waals surface area contributed by atoms with E-state index in [4.69, 9.17) is 5.26 Å². The van der Waals surface area contributed by atoms with Gasteiger partial charge >= 0.3 is 0 Å². The molecule has 2 saturated heterocycles. The number of rotatable bonds is 4. The predicted molar refractivity (Wildman–Crippen MR) is 93.3 cm³/mol. The Labute approximate surface area is 148 Å². The van der Waals surface area contributed by atoms with Gasteiger partial charge in [-0.25, -0.2) is 4.39 Å². The van der Waals surface area contributed by atoms with Crippen LogP contribution in [-0.4, -0.2) is 66.4 Å². The van der Waals surface area contributed by atoms with Crippen molar-refractivity contribution in [1.82, 2.24) is 14.7 Å². The molecule has 0 spiro atoms. The molecule has 0 saturated carbocycles. The summed E-state index contributed by atoms with van der Waals surface area (Å²) in [5, 5.41) is 8.81. The van der Waals surface area contributed by atoms with Crippen LogP contribution in [0.15, 0.2) is 18.2 Å². The normalized spacial score (nSPS) is 19.6. The van der Waals surface area contributed by atoms with E-state index in [1.54, 1.807) is 12.1 Å². The van der Waals surface area contributed by atoms with Crippen LogP contribution in [0.5, 0.6) is 0 Å². The Morgan fingerprint density at radius 1 is 1.04 bits per heavy atom. The Balaban J connectivity index is 1.45. The molecule has 0 N–H and O–H groups in total. The number of piperidine rings is 1. The minimum atomic E-state index is -0.318. The lowest BCUT2D eigenvalue weighted by Crippen LogP contribution is -2.50. The number of hydrogen-bond donors (Lipinski definition) is 0. The standard InChI is InChI=1S/C19H25FN4O/c20-18-12-16(13-21)4-5-17(18)14-22-8-10-23(11-9-22)15-19(25)24-6-2-1-3-7-24/h4-5,12H,1-3,6-11,14-15H2. The monoisotopic (exact) mass is 344 g/mol. The van der Waals surface area contributed by atoms with E-state index in [1.807, 2.05) is 11.0 Å². The summed E-state index contributed by atoms with van der Waals surface area (Å²) >= 11 is 0. The van der Waals surface area contributed by atoms with Crippen molar-refractivity contribution in [3.63, 3.8) is 0 Å². The molecule has 0 atom stereocenters. The lowest BCUT2D eigenvalue weighted by molar-refractivity contribution is -0.133.